The summed E-state index contributed by atoms with van der Waals surface area (Å²) in [5.41, 5.74) is 6.55. The highest BCUT2D eigenvalue weighted by atomic mass is 35.5. The van der Waals surface area contributed by atoms with E-state index in [4.69, 9.17) is 17.3 Å². The van der Waals surface area contributed by atoms with Gasteiger partial charge in [0.15, 0.2) is 0 Å². The Balaban J connectivity index is 2.74. The Morgan fingerprint density at radius 2 is 2.20 bits per heavy atom. The Morgan fingerprint density at radius 1 is 1.53 bits per heavy atom. The second kappa shape index (κ2) is 5.03. The fourth-order valence-electron chi connectivity index (χ4n) is 1.11. The molecule has 0 fully saturated rings. The summed E-state index contributed by atoms with van der Waals surface area (Å²) < 4.78 is 0. The van der Waals surface area contributed by atoms with Gasteiger partial charge in [0.2, 0.25) is 0 Å². The van der Waals surface area contributed by atoms with Gasteiger partial charge < -0.3 is 11.1 Å². The third kappa shape index (κ3) is 3.44. The number of hydrogen-bond acceptors (Lipinski definition) is 2. The van der Waals surface area contributed by atoms with Gasteiger partial charge in [-0.3, -0.25) is 4.79 Å². The highest BCUT2D eigenvalue weighted by molar-refractivity contribution is 6.34. The van der Waals surface area contributed by atoms with E-state index in [0.717, 1.165) is 0 Å². The Labute approximate surface area is 94.6 Å². The number of carbonyl (C=O) groups is 1. The van der Waals surface area contributed by atoms with Crippen LogP contribution in [0.2, 0.25) is 5.02 Å². The van der Waals surface area contributed by atoms with Gasteiger partial charge in [-0.1, -0.05) is 25.4 Å². The summed E-state index contributed by atoms with van der Waals surface area (Å²) in [5, 5.41) is 3.18. The van der Waals surface area contributed by atoms with E-state index in [2.05, 4.69) is 5.32 Å². The molecule has 1 aromatic rings. The minimum atomic E-state index is -0.159. The summed E-state index contributed by atoms with van der Waals surface area (Å²) in [6, 6.07) is 4.87. The van der Waals surface area contributed by atoms with Crippen molar-refractivity contribution in [2.75, 3.05) is 12.3 Å². The number of nitrogens with two attached hydrogens (primary N) is 1. The number of anilines is 1. The molecule has 0 unspecified atom stereocenters. The number of benzene rings is 1. The van der Waals surface area contributed by atoms with Crippen LogP contribution in [0.5, 0.6) is 0 Å². The van der Waals surface area contributed by atoms with E-state index >= 15 is 0 Å². The molecule has 0 heterocycles. The number of nitrogens with one attached hydrogen (secondary N) is 1. The van der Waals surface area contributed by atoms with Crippen LogP contribution < -0.4 is 11.1 Å². The van der Waals surface area contributed by atoms with Crippen molar-refractivity contribution in [2.45, 2.75) is 13.8 Å². The standard InChI is InChI=1S/C11H15ClN2O/c1-7(2)6-14-11(15)9-4-3-8(13)5-10(9)12/h3-5,7H,6,13H2,1-2H3,(H,14,15). The lowest BCUT2D eigenvalue weighted by atomic mass is 10.1. The number of rotatable bonds is 3. The molecule has 0 atom stereocenters. The molecule has 0 aliphatic heterocycles. The van der Waals surface area contributed by atoms with Crippen LogP contribution in [0.1, 0.15) is 24.2 Å². The summed E-state index contributed by atoms with van der Waals surface area (Å²) in [4.78, 5) is 11.6. The molecule has 0 saturated carbocycles. The molecule has 0 aliphatic carbocycles. The van der Waals surface area contributed by atoms with Crippen LogP contribution >= 0.6 is 11.6 Å². The average molecular weight is 227 g/mol. The molecule has 3 N–H and O–H groups in total. The first-order valence-corrected chi connectivity index (χ1v) is 5.21. The van der Waals surface area contributed by atoms with E-state index in [9.17, 15) is 4.79 Å². The van der Waals surface area contributed by atoms with Gasteiger partial charge in [-0.2, -0.15) is 0 Å². The molecule has 0 saturated heterocycles. The molecule has 0 radical (unpaired) electrons. The molecule has 1 rings (SSSR count). The van der Waals surface area contributed by atoms with E-state index in [1.54, 1.807) is 18.2 Å². The number of amides is 1. The summed E-state index contributed by atoms with van der Waals surface area (Å²) in [7, 11) is 0. The highest BCUT2D eigenvalue weighted by Crippen LogP contribution is 2.18. The van der Waals surface area contributed by atoms with Gasteiger partial charge in [-0.15, -0.1) is 0 Å². The van der Waals surface area contributed by atoms with Crippen molar-refractivity contribution >= 4 is 23.2 Å². The number of carbonyl (C=O) groups excluding carboxylic acids is 1. The van der Waals surface area contributed by atoms with Crippen molar-refractivity contribution in [3.8, 4) is 0 Å². The molecule has 1 aromatic carbocycles. The second-order valence-corrected chi connectivity index (χ2v) is 4.25. The lowest BCUT2D eigenvalue weighted by Crippen LogP contribution is -2.27. The average Bonchev–Trinajstić information content (AvgIpc) is 2.14. The second-order valence-electron chi connectivity index (χ2n) is 3.84. The Bertz CT molecular complexity index is 364. The highest BCUT2D eigenvalue weighted by Gasteiger charge is 2.10. The van der Waals surface area contributed by atoms with Crippen LogP contribution in [0, 0.1) is 5.92 Å². The molecule has 0 spiro atoms. The van der Waals surface area contributed by atoms with Crippen LogP contribution in [-0.2, 0) is 0 Å². The predicted molar refractivity (Wildman–Crippen MR) is 63.0 cm³/mol. The monoisotopic (exact) mass is 226 g/mol. The normalized spacial score (nSPS) is 10.4. The lowest BCUT2D eigenvalue weighted by molar-refractivity contribution is 0.0949. The molecule has 0 bridgehead atoms. The van der Waals surface area contributed by atoms with Gasteiger partial charge in [0.05, 0.1) is 10.6 Å². The minimum Gasteiger partial charge on any atom is -0.399 e. The van der Waals surface area contributed by atoms with Crippen molar-refractivity contribution in [1.82, 2.24) is 5.32 Å². The van der Waals surface area contributed by atoms with Gasteiger partial charge in [0.25, 0.3) is 5.91 Å². The molecular formula is C11H15ClN2O. The van der Waals surface area contributed by atoms with Gasteiger partial charge in [0.1, 0.15) is 0 Å². The topological polar surface area (TPSA) is 55.1 Å². The van der Waals surface area contributed by atoms with E-state index in [0.29, 0.717) is 28.7 Å². The third-order valence-electron chi connectivity index (χ3n) is 1.91. The molecule has 0 aromatic heterocycles. The van der Waals surface area contributed by atoms with Crippen molar-refractivity contribution < 1.29 is 4.79 Å². The quantitative estimate of drug-likeness (QED) is 0.778. The van der Waals surface area contributed by atoms with Gasteiger partial charge in [-0.25, -0.2) is 0 Å². The van der Waals surface area contributed by atoms with Crippen LogP contribution in [0.4, 0.5) is 5.69 Å². The lowest BCUT2D eigenvalue weighted by Gasteiger charge is -2.08. The summed E-state index contributed by atoms with van der Waals surface area (Å²) in [5.74, 6) is 0.259. The van der Waals surface area contributed by atoms with Crippen LogP contribution in [0.3, 0.4) is 0 Å². The fourth-order valence-corrected chi connectivity index (χ4v) is 1.38. The van der Waals surface area contributed by atoms with E-state index in [-0.39, 0.29) is 5.91 Å². The minimum absolute atomic E-state index is 0.159. The van der Waals surface area contributed by atoms with Crippen LogP contribution in [-0.4, -0.2) is 12.5 Å². The maximum atomic E-state index is 11.6. The van der Waals surface area contributed by atoms with Crippen molar-refractivity contribution in [3.63, 3.8) is 0 Å². The Morgan fingerprint density at radius 3 is 2.73 bits per heavy atom. The molecule has 3 nitrogen and oxygen atoms in total. The van der Waals surface area contributed by atoms with Crippen molar-refractivity contribution in [2.24, 2.45) is 5.92 Å². The largest absolute Gasteiger partial charge is 0.399 e. The van der Waals surface area contributed by atoms with E-state index in [1.807, 2.05) is 13.8 Å². The fraction of sp³-hybridized carbons (Fsp3) is 0.364. The van der Waals surface area contributed by atoms with Gasteiger partial charge >= 0.3 is 0 Å². The maximum absolute atomic E-state index is 11.6. The number of nitrogen functional groups attached to an aromatic ring is 1. The van der Waals surface area contributed by atoms with Crippen LogP contribution in [0.25, 0.3) is 0 Å². The summed E-state index contributed by atoms with van der Waals surface area (Å²) >= 11 is 5.90. The summed E-state index contributed by atoms with van der Waals surface area (Å²) in [6.45, 7) is 4.70. The Hall–Kier alpha value is -1.22. The Kier molecular flexibility index (Phi) is 3.97. The number of hydrogen-bond donors (Lipinski definition) is 2. The zero-order valence-corrected chi connectivity index (χ0v) is 9.64. The molecule has 1 amide bonds. The summed E-state index contributed by atoms with van der Waals surface area (Å²) in [6.07, 6.45) is 0. The molecular weight excluding hydrogens is 212 g/mol. The van der Waals surface area contributed by atoms with Crippen molar-refractivity contribution in [1.29, 1.82) is 0 Å². The van der Waals surface area contributed by atoms with E-state index in [1.165, 1.54) is 0 Å². The number of halogens is 1. The molecule has 15 heavy (non-hydrogen) atoms. The zero-order valence-electron chi connectivity index (χ0n) is 8.88. The smallest absolute Gasteiger partial charge is 0.252 e. The third-order valence-corrected chi connectivity index (χ3v) is 2.22. The maximum Gasteiger partial charge on any atom is 0.252 e. The van der Waals surface area contributed by atoms with E-state index < -0.39 is 0 Å². The van der Waals surface area contributed by atoms with Gasteiger partial charge in [0, 0.05) is 12.2 Å². The van der Waals surface area contributed by atoms with Gasteiger partial charge in [-0.05, 0) is 24.1 Å². The SMILES string of the molecule is CC(C)CNC(=O)c1ccc(N)cc1Cl. The molecule has 0 aliphatic rings. The zero-order chi connectivity index (χ0) is 11.4. The molecule has 4 heteroatoms. The first-order chi connectivity index (χ1) is 7.00. The first-order valence-electron chi connectivity index (χ1n) is 4.84. The van der Waals surface area contributed by atoms with Crippen LogP contribution in [0.15, 0.2) is 18.2 Å². The molecule has 82 valence electrons. The first kappa shape index (κ1) is 11.9. The van der Waals surface area contributed by atoms with Crippen molar-refractivity contribution in [3.05, 3.63) is 28.8 Å². The predicted octanol–water partition coefficient (Wildman–Crippen LogP) is 2.31.